The third-order valence-corrected chi connectivity index (χ3v) is 3.00. The lowest BCUT2D eigenvalue weighted by Crippen LogP contribution is -2.40. The second-order valence-corrected chi connectivity index (χ2v) is 4.63. The predicted molar refractivity (Wildman–Crippen MR) is 78.1 cm³/mol. The Bertz CT molecular complexity index is 493. The molecule has 1 aromatic carbocycles. The fraction of sp³-hybridized carbons (Fsp3) is 0.429. The normalized spacial score (nSPS) is 11.6. The van der Waals surface area contributed by atoms with Crippen molar-refractivity contribution in [2.24, 2.45) is 5.73 Å². The van der Waals surface area contributed by atoms with Crippen molar-refractivity contribution in [2.45, 2.75) is 19.0 Å². The summed E-state index contributed by atoms with van der Waals surface area (Å²) in [6.45, 7) is 0.601. The van der Waals surface area contributed by atoms with E-state index in [0.717, 1.165) is 5.56 Å². The van der Waals surface area contributed by atoms with Crippen molar-refractivity contribution in [3.05, 3.63) is 29.8 Å². The maximum Gasteiger partial charge on any atom is 0.320 e. The average Bonchev–Trinajstić information content (AvgIpc) is 2.47. The van der Waals surface area contributed by atoms with Gasteiger partial charge in [0.25, 0.3) is 0 Å². The number of carbonyl (C=O) groups excluding carboxylic acids is 1. The molecular weight excluding hydrogens is 274 g/mol. The van der Waals surface area contributed by atoms with Gasteiger partial charge in [0.05, 0.1) is 13.7 Å². The molecule has 0 saturated heterocycles. The maximum absolute atomic E-state index is 11.9. The van der Waals surface area contributed by atoms with E-state index in [1.54, 1.807) is 14.2 Å². The molecule has 0 heterocycles. The van der Waals surface area contributed by atoms with Crippen LogP contribution in [0, 0.1) is 0 Å². The van der Waals surface area contributed by atoms with Crippen LogP contribution in [0.25, 0.3) is 0 Å². The third kappa shape index (κ3) is 5.31. The Kier molecular flexibility index (Phi) is 6.48. The van der Waals surface area contributed by atoms with E-state index in [2.05, 4.69) is 5.32 Å². The number of hydrogen-bond donors (Lipinski definition) is 3. The van der Waals surface area contributed by atoms with Gasteiger partial charge in [-0.05, 0) is 12.5 Å². The van der Waals surface area contributed by atoms with Gasteiger partial charge in [0.2, 0.25) is 0 Å². The van der Waals surface area contributed by atoms with Crippen LogP contribution < -0.4 is 15.8 Å². The van der Waals surface area contributed by atoms with E-state index in [-0.39, 0.29) is 19.0 Å². The molecule has 0 spiro atoms. The van der Waals surface area contributed by atoms with E-state index in [9.17, 15) is 9.59 Å². The van der Waals surface area contributed by atoms with Crippen molar-refractivity contribution in [2.75, 3.05) is 20.7 Å². The smallest absolute Gasteiger partial charge is 0.320 e. The molecule has 1 unspecified atom stereocenters. The Morgan fingerprint density at radius 3 is 2.71 bits per heavy atom. The summed E-state index contributed by atoms with van der Waals surface area (Å²) in [6, 6.07) is 6.17. The van der Waals surface area contributed by atoms with Crippen LogP contribution in [0.15, 0.2) is 24.3 Å². The van der Waals surface area contributed by atoms with Gasteiger partial charge >= 0.3 is 12.0 Å². The van der Waals surface area contributed by atoms with Crippen molar-refractivity contribution in [3.63, 3.8) is 0 Å². The van der Waals surface area contributed by atoms with Gasteiger partial charge in [0.15, 0.2) is 0 Å². The first-order valence-corrected chi connectivity index (χ1v) is 6.55. The average molecular weight is 295 g/mol. The lowest BCUT2D eigenvalue weighted by molar-refractivity contribution is -0.138. The van der Waals surface area contributed by atoms with Crippen molar-refractivity contribution in [3.8, 4) is 5.75 Å². The molecule has 1 aromatic rings. The zero-order valence-electron chi connectivity index (χ0n) is 12.2. The lowest BCUT2D eigenvalue weighted by atomic mass is 10.2. The van der Waals surface area contributed by atoms with Gasteiger partial charge in [0, 0.05) is 19.2 Å². The molecule has 0 radical (unpaired) electrons. The Morgan fingerprint density at radius 2 is 2.10 bits per heavy atom. The van der Waals surface area contributed by atoms with E-state index in [1.165, 1.54) is 4.90 Å². The number of ether oxygens (including phenoxy) is 1. The minimum absolute atomic E-state index is 0.184. The molecular formula is C14H21N3O4. The number of aliphatic carboxylic acids is 1. The molecule has 0 aliphatic carbocycles. The van der Waals surface area contributed by atoms with Gasteiger partial charge in [-0.1, -0.05) is 18.2 Å². The number of para-hydroxylation sites is 1. The van der Waals surface area contributed by atoms with E-state index in [0.29, 0.717) is 12.3 Å². The minimum Gasteiger partial charge on any atom is -0.496 e. The SMILES string of the molecule is COc1ccccc1CN(C)C(=O)NCCC(N)C(=O)O. The van der Waals surface area contributed by atoms with Gasteiger partial charge in [0.1, 0.15) is 11.8 Å². The number of nitrogens with two attached hydrogens (primary N) is 1. The molecule has 0 aliphatic heterocycles. The predicted octanol–water partition coefficient (Wildman–Crippen LogP) is 0.639. The van der Waals surface area contributed by atoms with Crippen LogP contribution in [0.2, 0.25) is 0 Å². The second-order valence-electron chi connectivity index (χ2n) is 4.63. The molecule has 0 fully saturated rings. The molecule has 0 aromatic heterocycles. The number of carboxylic acids is 1. The summed E-state index contributed by atoms with van der Waals surface area (Å²) in [5.74, 6) is -0.364. The largest absolute Gasteiger partial charge is 0.496 e. The zero-order valence-corrected chi connectivity index (χ0v) is 12.2. The van der Waals surface area contributed by atoms with Crippen molar-refractivity contribution >= 4 is 12.0 Å². The van der Waals surface area contributed by atoms with Crippen LogP contribution in [-0.4, -0.2) is 48.8 Å². The number of nitrogens with zero attached hydrogens (tertiary/aromatic N) is 1. The van der Waals surface area contributed by atoms with Crippen LogP contribution in [0.5, 0.6) is 5.75 Å². The van der Waals surface area contributed by atoms with Crippen LogP contribution in [-0.2, 0) is 11.3 Å². The molecule has 4 N–H and O–H groups in total. The highest BCUT2D eigenvalue weighted by Gasteiger charge is 2.14. The Balaban J connectivity index is 2.46. The van der Waals surface area contributed by atoms with Crippen LogP contribution >= 0.6 is 0 Å². The summed E-state index contributed by atoms with van der Waals surface area (Å²) in [5, 5.41) is 11.3. The molecule has 2 amide bonds. The van der Waals surface area contributed by atoms with E-state index in [1.807, 2.05) is 24.3 Å². The third-order valence-electron chi connectivity index (χ3n) is 3.00. The van der Waals surface area contributed by atoms with Crippen LogP contribution in [0.3, 0.4) is 0 Å². The highest BCUT2D eigenvalue weighted by molar-refractivity contribution is 5.75. The first-order chi connectivity index (χ1) is 9.95. The molecule has 21 heavy (non-hydrogen) atoms. The van der Waals surface area contributed by atoms with Gasteiger partial charge < -0.3 is 25.8 Å². The standard InChI is InChI=1S/C14H21N3O4/c1-17(9-10-5-3-4-6-12(10)21-2)14(20)16-8-7-11(15)13(18)19/h3-6,11H,7-9,15H2,1-2H3,(H,16,20)(H,18,19). The molecule has 0 bridgehead atoms. The number of carboxylic acid groups (broad SMARTS) is 1. The quantitative estimate of drug-likeness (QED) is 0.684. The number of amides is 2. The van der Waals surface area contributed by atoms with Gasteiger partial charge in [-0.15, -0.1) is 0 Å². The van der Waals surface area contributed by atoms with Crippen molar-refractivity contribution in [1.29, 1.82) is 0 Å². The lowest BCUT2D eigenvalue weighted by Gasteiger charge is -2.19. The number of rotatable bonds is 7. The number of nitrogens with one attached hydrogen (secondary N) is 1. The molecule has 7 nitrogen and oxygen atoms in total. The second kappa shape index (κ2) is 8.11. The molecule has 0 saturated carbocycles. The highest BCUT2D eigenvalue weighted by Crippen LogP contribution is 2.18. The Morgan fingerprint density at radius 1 is 1.43 bits per heavy atom. The van der Waals surface area contributed by atoms with Crippen LogP contribution in [0.1, 0.15) is 12.0 Å². The summed E-state index contributed by atoms with van der Waals surface area (Å²) >= 11 is 0. The number of hydrogen-bond acceptors (Lipinski definition) is 4. The number of methoxy groups -OCH3 is 1. The van der Waals surface area contributed by atoms with Gasteiger partial charge in [-0.25, -0.2) is 4.79 Å². The maximum atomic E-state index is 11.9. The summed E-state index contributed by atoms with van der Waals surface area (Å²) in [4.78, 5) is 23.9. The highest BCUT2D eigenvalue weighted by atomic mass is 16.5. The minimum atomic E-state index is -1.08. The number of urea groups is 1. The van der Waals surface area contributed by atoms with E-state index in [4.69, 9.17) is 15.6 Å². The molecule has 0 aliphatic rings. The Labute approximate surface area is 123 Å². The molecule has 7 heteroatoms. The Hall–Kier alpha value is -2.28. The van der Waals surface area contributed by atoms with Gasteiger partial charge in [-0.3, -0.25) is 4.79 Å². The van der Waals surface area contributed by atoms with Crippen molar-refractivity contribution in [1.82, 2.24) is 10.2 Å². The first-order valence-electron chi connectivity index (χ1n) is 6.55. The van der Waals surface area contributed by atoms with Crippen LogP contribution in [0.4, 0.5) is 4.79 Å². The van der Waals surface area contributed by atoms with Crippen molar-refractivity contribution < 1.29 is 19.4 Å². The summed E-state index contributed by atoms with van der Waals surface area (Å²) in [6.07, 6.45) is 0.184. The fourth-order valence-corrected chi connectivity index (χ4v) is 1.75. The number of carbonyl (C=O) groups is 2. The molecule has 1 atom stereocenters. The monoisotopic (exact) mass is 295 g/mol. The summed E-state index contributed by atoms with van der Waals surface area (Å²) in [5.41, 5.74) is 6.25. The fourth-order valence-electron chi connectivity index (χ4n) is 1.75. The summed E-state index contributed by atoms with van der Waals surface area (Å²) in [7, 11) is 3.23. The van der Waals surface area contributed by atoms with E-state index < -0.39 is 12.0 Å². The van der Waals surface area contributed by atoms with Gasteiger partial charge in [-0.2, -0.15) is 0 Å². The first kappa shape index (κ1) is 16.8. The zero-order chi connectivity index (χ0) is 15.8. The molecule has 1 rings (SSSR count). The molecule has 116 valence electrons. The topological polar surface area (TPSA) is 105 Å². The number of benzene rings is 1. The summed E-state index contributed by atoms with van der Waals surface area (Å²) < 4.78 is 5.22. The van der Waals surface area contributed by atoms with E-state index >= 15 is 0 Å².